The molecule has 2 aromatic rings. The van der Waals surface area contributed by atoms with E-state index in [4.69, 9.17) is 17.3 Å². The fraction of sp³-hybridized carbons (Fsp3) is 0.412. The first-order valence-corrected chi connectivity index (χ1v) is 8.76. The number of aryl methyl sites for hydroxylation is 1. The van der Waals surface area contributed by atoms with Crippen molar-refractivity contribution in [1.82, 2.24) is 9.78 Å². The van der Waals surface area contributed by atoms with Gasteiger partial charge in [0.2, 0.25) is 0 Å². The Morgan fingerprint density at radius 3 is 2.75 bits per heavy atom. The Hall–Kier alpha value is -2.33. The number of hydrogen-bond acceptors (Lipinski definition) is 4. The number of halogens is 5. The molecule has 11 heteroatoms. The SMILES string of the molecule is Cn1nc(C2CCC(OC(F)(F)F)C2)c(C(=O)Nc2ccc(F)c(Cl)c2)c1N. The van der Waals surface area contributed by atoms with Crippen molar-refractivity contribution in [2.24, 2.45) is 7.05 Å². The summed E-state index contributed by atoms with van der Waals surface area (Å²) < 4.78 is 56.0. The number of ether oxygens (including phenoxy) is 1. The van der Waals surface area contributed by atoms with Gasteiger partial charge in [-0.15, -0.1) is 13.2 Å². The van der Waals surface area contributed by atoms with E-state index < -0.39 is 30.1 Å². The standard InChI is InChI=1S/C17H17ClF4N4O2/c1-26-15(23)13(16(27)24-9-3-5-12(19)11(18)7-9)14(25-26)8-2-4-10(6-8)28-17(20,21)22/h3,5,7-8,10H,2,4,6,23H2,1H3,(H,24,27). The molecule has 0 radical (unpaired) electrons. The molecule has 1 aromatic carbocycles. The molecule has 2 atom stereocenters. The summed E-state index contributed by atoms with van der Waals surface area (Å²) in [7, 11) is 1.53. The Morgan fingerprint density at radius 1 is 1.39 bits per heavy atom. The van der Waals surface area contributed by atoms with Crippen molar-refractivity contribution in [2.45, 2.75) is 37.6 Å². The lowest BCUT2D eigenvalue weighted by molar-refractivity contribution is -0.341. The van der Waals surface area contributed by atoms with Crippen LogP contribution in [0.4, 0.5) is 29.1 Å². The number of nitrogens with two attached hydrogens (primary N) is 1. The summed E-state index contributed by atoms with van der Waals surface area (Å²) >= 11 is 5.71. The molecule has 28 heavy (non-hydrogen) atoms. The Kier molecular flexibility index (Phi) is 5.53. The van der Waals surface area contributed by atoms with Gasteiger partial charge >= 0.3 is 6.36 Å². The van der Waals surface area contributed by atoms with E-state index in [1.165, 1.54) is 23.9 Å². The number of aromatic nitrogens is 2. The molecule has 1 fully saturated rings. The van der Waals surface area contributed by atoms with Gasteiger partial charge in [0, 0.05) is 18.7 Å². The Morgan fingerprint density at radius 2 is 2.11 bits per heavy atom. The molecular weight excluding hydrogens is 404 g/mol. The van der Waals surface area contributed by atoms with Gasteiger partial charge in [0.15, 0.2) is 0 Å². The second-order valence-electron chi connectivity index (χ2n) is 6.55. The Bertz CT molecular complexity index is 900. The zero-order valence-corrected chi connectivity index (χ0v) is 15.4. The highest BCUT2D eigenvalue weighted by atomic mass is 35.5. The van der Waals surface area contributed by atoms with Gasteiger partial charge in [-0.25, -0.2) is 4.39 Å². The number of hydrogen-bond donors (Lipinski definition) is 2. The van der Waals surface area contributed by atoms with E-state index >= 15 is 0 Å². The van der Waals surface area contributed by atoms with Crippen LogP contribution in [0.1, 0.15) is 41.2 Å². The Balaban J connectivity index is 1.82. The average Bonchev–Trinajstić information content (AvgIpc) is 3.14. The summed E-state index contributed by atoms with van der Waals surface area (Å²) in [6.07, 6.45) is -5.08. The predicted octanol–water partition coefficient (Wildman–Crippen LogP) is 4.22. The third kappa shape index (κ3) is 4.39. The zero-order chi connectivity index (χ0) is 20.6. The van der Waals surface area contributed by atoms with Gasteiger partial charge in [0.25, 0.3) is 5.91 Å². The van der Waals surface area contributed by atoms with Gasteiger partial charge in [-0.2, -0.15) is 5.10 Å². The molecule has 1 heterocycles. The number of alkyl halides is 3. The maximum atomic E-state index is 13.3. The summed E-state index contributed by atoms with van der Waals surface area (Å²) in [4.78, 5) is 12.7. The largest absolute Gasteiger partial charge is 0.522 e. The van der Waals surface area contributed by atoms with Crippen molar-refractivity contribution in [1.29, 1.82) is 0 Å². The molecule has 0 saturated heterocycles. The first kappa shape index (κ1) is 20.4. The smallest absolute Gasteiger partial charge is 0.383 e. The lowest BCUT2D eigenvalue weighted by Gasteiger charge is -2.14. The minimum Gasteiger partial charge on any atom is -0.383 e. The molecule has 1 aliphatic rings. The summed E-state index contributed by atoms with van der Waals surface area (Å²) in [5.41, 5.74) is 6.58. The molecule has 3 rings (SSSR count). The van der Waals surface area contributed by atoms with E-state index in [9.17, 15) is 22.4 Å². The molecule has 1 aliphatic carbocycles. The molecule has 1 saturated carbocycles. The molecule has 6 nitrogen and oxygen atoms in total. The normalized spacial score (nSPS) is 19.8. The molecule has 1 aromatic heterocycles. The van der Waals surface area contributed by atoms with Crippen LogP contribution in [-0.2, 0) is 11.8 Å². The molecule has 3 N–H and O–H groups in total. The van der Waals surface area contributed by atoms with Gasteiger partial charge in [-0.05, 0) is 37.5 Å². The highest BCUT2D eigenvalue weighted by Gasteiger charge is 2.39. The molecule has 2 unspecified atom stereocenters. The lowest BCUT2D eigenvalue weighted by atomic mass is 9.99. The van der Waals surface area contributed by atoms with E-state index in [1.807, 2.05) is 0 Å². The molecule has 0 aliphatic heterocycles. The molecule has 152 valence electrons. The number of rotatable bonds is 4. The van der Waals surface area contributed by atoms with Crippen LogP contribution in [0.2, 0.25) is 5.02 Å². The van der Waals surface area contributed by atoms with Crippen LogP contribution in [0.15, 0.2) is 18.2 Å². The van der Waals surface area contributed by atoms with Gasteiger partial charge in [-0.3, -0.25) is 14.2 Å². The van der Waals surface area contributed by atoms with Crippen molar-refractivity contribution < 1.29 is 27.1 Å². The highest BCUT2D eigenvalue weighted by molar-refractivity contribution is 6.31. The summed E-state index contributed by atoms with van der Waals surface area (Å²) in [6.45, 7) is 0. The fourth-order valence-corrected chi connectivity index (χ4v) is 3.51. The third-order valence-electron chi connectivity index (χ3n) is 4.59. The second kappa shape index (κ2) is 7.59. The maximum Gasteiger partial charge on any atom is 0.522 e. The van der Waals surface area contributed by atoms with Crippen LogP contribution in [0, 0.1) is 5.82 Å². The minimum absolute atomic E-state index is 0.0681. The number of nitrogens with zero attached hydrogens (tertiary/aromatic N) is 2. The van der Waals surface area contributed by atoms with Gasteiger partial charge in [0.1, 0.15) is 17.2 Å². The first-order valence-electron chi connectivity index (χ1n) is 8.38. The van der Waals surface area contributed by atoms with Crippen molar-refractivity contribution in [3.8, 4) is 0 Å². The number of amides is 1. The number of nitrogen functional groups attached to an aromatic ring is 1. The fourth-order valence-electron chi connectivity index (χ4n) is 3.33. The van der Waals surface area contributed by atoms with Crippen LogP contribution < -0.4 is 11.1 Å². The van der Waals surface area contributed by atoms with Crippen LogP contribution in [0.5, 0.6) is 0 Å². The van der Waals surface area contributed by atoms with Crippen LogP contribution in [0.3, 0.4) is 0 Å². The monoisotopic (exact) mass is 420 g/mol. The van der Waals surface area contributed by atoms with E-state index in [0.717, 1.165) is 6.07 Å². The topological polar surface area (TPSA) is 82.2 Å². The Labute approximate surface area is 162 Å². The van der Waals surface area contributed by atoms with Crippen LogP contribution in [-0.4, -0.2) is 28.2 Å². The van der Waals surface area contributed by atoms with Crippen molar-refractivity contribution in [2.75, 3.05) is 11.1 Å². The quantitative estimate of drug-likeness (QED) is 0.725. The van der Waals surface area contributed by atoms with E-state index in [2.05, 4.69) is 15.2 Å². The zero-order valence-electron chi connectivity index (χ0n) is 14.7. The number of benzene rings is 1. The summed E-state index contributed by atoms with van der Waals surface area (Å²) in [5.74, 6) is -1.58. The second-order valence-corrected chi connectivity index (χ2v) is 6.95. The highest BCUT2D eigenvalue weighted by Crippen LogP contribution is 2.40. The van der Waals surface area contributed by atoms with Gasteiger partial charge < -0.3 is 11.1 Å². The van der Waals surface area contributed by atoms with E-state index in [1.54, 1.807) is 0 Å². The van der Waals surface area contributed by atoms with E-state index in [0.29, 0.717) is 12.1 Å². The third-order valence-corrected chi connectivity index (χ3v) is 4.88. The average molecular weight is 421 g/mol. The number of carbonyl (C=O) groups is 1. The number of anilines is 2. The van der Waals surface area contributed by atoms with Gasteiger partial charge in [-0.1, -0.05) is 11.6 Å². The van der Waals surface area contributed by atoms with Gasteiger partial charge in [0.05, 0.1) is 16.8 Å². The first-order chi connectivity index (χ1) is 13.0. The number of carbonyl (C=O) groups excluding carboxylic acids is 1. The van der Waals surface area contributed by atoms with Crippen molar-refractivity contribution in [3.05, 3.63) is 40.3 Å². The summed E-state index contributed by atoms with van der Waals surface area (Å²) in [5, 5.41) is 6.62. The molecule has 1 amide bonds. The van der Waals surface area contributed by atoms with Crippen LogP contribution in [0.25, 0.3) is 0 Å². The summed E-state index contributed by atoms with van der Waals surface area (Å²) in [6, 6.07) is 3.67. The maximum absolute atomic E-state index is 13.3. The lowest BCUT2D eigenvalue weighted by Crippen LogP contribution is -2.21. The minimum atomic E-state index is -4.72. The number of nitrogens with one attached hydrogen (secondary N) is 1. The molecule has 0 spiro atoms. The van der Waals surface area contributed by atoms with E-state index in [-0.39, 0.29) is 34.9 Å². The molecular formula is C17H17ClF4N4O2. The molecule has 0 bridgehead atoms. The van der Waals surface area contributed by atoms with Crippen molar-refractivity contribution >= 4 is 29.0 Å². The van der Waals surface area contributed by atoms with Crippen molar-refractivity contribution in [3.63, 3.8) is 0 Å². The predicted molar refractivity (Wildman–Crippen MR) is 94.5 cm³/mol. The van der Waals surface area contributed by atoms with Crippen LogP contribution >= 0.6 is 11.6 Å².